The van der Waals surface area contributed by atoms with Crippen molar-refractivity contribution in [3.05, 3.63) is 94.7 Å². The third-order valence-electron chi connectivity index (χ3n) is 6.01. The van der Waals surface area contributed by atoms with Crippen molar-refractivity contribution in [2.75, 3.05) is 0 Å². The number of aromatic carboxylic acids is 1. The average Bonchev–Trinajstić information content (AvgIpc) is 3.03. The standard InChI is InChI=1S/C29H29NO4/c1-18-19(2)30(26-14-12-22(27(31)32)16-24(18)26)17-20-11-13-23(21-9-7-6-8-10-21)25(15-20)28(33)34-29(3,4)5/h6-16H,17H2,1-5H3,(H,31,32). The average molecular weight is 456 g/mol. The SMILES string of the molecule is Cc1c(C)n(Cc2ccc(-c3ccccc3)c(C(=O)OC(C)(C)C)c2)c2ccc(C(=O)O)cc12. The molecule has 0 atom stereocenters. The van der Waals surface area contributed by atoms with Crippen LogP contribution in [-0.2, 0) is 11.3 Å². The number of nitrogens with zero attached hydrogens (tertiary/aromatic N) is 1. The van der Waals surface area contributed by atoms with Crippen LogP contribution in [0.2, 0.25) is 0 Å². The summed E-state index contributed by atoms with van der Waals surface area (Å²) in [6.45, 7) is 10.2. The number of rotatable bonds is 5. The predicted octanol–water partition coefficient (Wildman–Crippen LogP) is 6.63. The van der Waals surface area contributed by atoms with E-state index in [2.05, 4.69) is 4.57 Å². The summed E-state index contributed by atoms with van der Waals surface area (Å²) >= 11 is 0. The molecule has 1 N–H and O–H groups in total. The number of carbonyl (C=O) groups is 2. The first-order valence-corrected chi connectivity index (χ1v) is 11.3. The second kappa shape index (κ2) is 8.82. The van der Waals surface area contributed by atoms with Gasteiger partial charge >= 0.3 is 11.9 Å². The lowest BCUT2D eigenvalue weighted by Gasteiger charge is -2.21. The number of ether oxygens (including phenoxy) is 1. The maximum Gasteiger partial charge on any atom is 0.339 e. The molecule has 174 valence electrons. The molecule has 4 aromatic rings. The Bertz CT molecular complexity index is 1390. The molecule has 0 aliphatic rings. The summed E-state index contributed by atoms with van der Waals surface area (Å²) in [6, 6.07) is 20.9. The normalized spacial score (nSPS) is 11.6. The molecule has 5 nitrogen and oxygen atoms in total. The Balaban J connectivity index is 1.80. The Morgan fingerprint density at radius 1 is 0.941 bits per heavy atom. The zero-order valence-corrected chi connectivity index (χ0v) is 20.2. The van der Waals surface area contributed by atoms with Crippen LogP contribution in [0.3, 0.4) is 0 Å². The Morgan fingerprint density at radius 3 is 2.29 bits per heavy atom. The molecule has 3 aromatic carbocycles. The van der Waals surface area contributed by atoms with Gasteiger partial charge in [0.1, 0.15) is 5.60 Å². The van der Waals surface area contributed by atoms with Gasteiger partial charge in [0.15, 0.2) is 0 Å². The summed E-state index contributed by atoms with van der Waals surface area (Å²) in [6.07, 6.45) is 0. The molecule has 1 heterocycles. The van der Waals surface area contributed by atoms with Crippen molar-refractivity contribution in [3.8, 4) is 11.1 Å². The number of hydrogen-bond donors (Lipinski definition) is 1. The van der Waals surface area contributed by atoms with Gasteiger partial charge in [-0.15, -0.1) is 0 Å². The van der Waals surface area contributed by atoms with E-state index in [9.17, 15) is 14.7 Å². The molecule has 0 amide bonds. The van der Waals surface area contributed by atoms with E-state index in [1.54, 1.807) is 12.1 Å². The van der Waals surface area contributed by atoms with Crippen molar-refractivity contribution in [2.45, 2.75) is 46.8 Å². The first-order chi connectivity index (χ1) is 16.0. The molecule has 1 aromatic heterocycles. The number of benzene rings is 3. The zero-order chi connectivity index (χ0) is 24.6. The van der Waals surface area contributed by atoms with Crippen molar-refractivity contribution in [1.29, 1.82) is 0 Å². The van der Waals surface area contributed by atoms with Crippen LogP contribution in [-0.4, -0.2) is 27.2 Å². The number of carboxylic acids is 1. The van der Waals surface area contributed by atoms with Crippen LogP contribution >= 0.6 is 0 Å². The number of fused-ring (bicyclic) bond motifs is 1. The number of carbonyl (C=O) groups excluding carboxylic acids is 1. The minimum absolute atomic E-state index is 0.271. The molecular weight excluding hydrogens is 426 g/mol. The minimum Gasteiger partial charge on any atom is -0.478 e. The van der Waals surface area contributed by atoms with Crippen molar-refractivity contribution in [2.24, 2.45) is 0 Å². The van der Waals surface area contributed by atoms with Crippen LogP contribution in [0, 0.1) is 13.8 Å². The van der Waals surface area contributed by atoms with E-state index in [1.165, 1.54) is 0 Å². The second-order valence-electron chi connectivity index (χ2n) is 9.58. The quantitative estimate of drug-likeness (QED) is 0.343. The van der Waals surface area contributed by atoms with E-state index < -0.39 is 11.6 Å². The van der Waals surface area contributed by atoms with Gasteiger partial charge in [-0.25, -0.2) is 9.59 Å². The monoisotopic (exact) mass is 455 g/mol. The van der Waals surface area contributed by atoms with Gasteiger partial charge in [0, 0.05) is 23.1 Å². The van der Waals surface area contributed by atoms with E-state index >= 15 is 0 Å². The number of aromatic nitrogens is 1. The van der Waals surface area contributed by atoms with Crippen LogP contribution in [0.25, 0.3) is 22.0 Å². The summed E-state index contributed by atoms with van der Waals surface area (Å²) in [5.74, 6) is -1.30. The number of carboxylic acid groups (broad SMARTS) is 1. The molecule has 0 fully saturated rings. The Kier molecular flexibility index (Phi) is 6.05. The highest BCUT2D eigenvalue weighted by molar-refractivity contribution is 5.98. The molecule has 34 heavy (non-hydrogen) atoms. The van der Waals surface area contributed by atoms with Crippen LogP contribution in [0.15, 0.2) is 66.7 Å². The van der Waals surface area contributed by atoms with Gasteiger partial charge in [0.2, 0.25) is 0 Å². The van der Waals surface area contributed by atoms with Crippen molar-refractivity contribution >= 4 is 22.8 Å². The van der Waals surface area contributed by atoms with Gasteiger partial charge in [-0.2, -0.15) is 0 Å². The van der Waals surface area contributed by atoms with Crippen molar-refractivity contribution in [3.63, 3.8) is 0 Å². The molecular formula is C29H29NO4. The minimum atomic E-state index is -0.940. The highest BCUT2D eigenvalue weighted by atomic mass is 16.6. The topological polar surface area (TPSA) is 68.5 Å². The Hall–Kier alpha value is -3.86. The molecule has 0 unspecified atom stereocenters. The van der Waals surface area contributed by atoms with Gasteiger partial charge in [0.05, 0.1) is 11.1 Å². The highest BCUT2D eigenvalue weighted by Crippen LogP contribution is 2.30. The maximum atomic E-state index is 13.2. The van der Waals surface area contributed by atoms with Crippen LogP contribution in [0.4, 0.5) is 0 Å². The molecule has 0 aliphatic heterocycles. The van der Waals surface area contributed by atoms with Gasteiger partial charge in [-0.1, -0.05) is 42.5 Å². The summed E-state index contributed by atoms with van der Waals surface area (Å²) in [7, 11) is 0. The number of aryl methyl sites for hydroxylation is 1. The fourth-order valence-electron chi connectivity index (χ4n) is 4.23. The van der Waals surface area contributed by atoms with Crippen LogP contribution < -0.4 is 0 Å². The number of hydrogen-bond acceptors (Lipinski definition) is 3. The number of esters is 1. The van der Waals surface area contributed by atoms with E-state index in [4.69, 9.17) is 4.74 Å². The Morgan fingerprint density at radius 2 is 1.65 bits per heavy atom. The summed E-state index contributed by atoms with van der Waals surface area (Å²) in [5, 5.41) is 10.3. The van der Waals surface area contributed by atoms with Crippen molar-refractivity contribution < 1.29 is 19.4 Å². The lowest BCUT2D eigenvalue weighted by atomic mass is 9.97. The summed E-state index contributed by atoms with van der Waals surface area (Å²) in [4.78, 5) is 24.6. The molecule has 5 heteroatoms. The molecule has 4 rings (SSSR count). The van der Waals surface area contributed by atoms with Gasteiger partial charge in [-0.05, 0) is 81.1 Å². The molecule has 0 bridgehead atoms. The van der Waals surface area contributed by atoms with E-state index in [1.807, 2.05) is 89.2 Å². The lowest BCUT2D eigenvalue weighted by molar-refractivity contribution is 0.00701. The van der Waals surface area contributed by atoms with Crippen LogP contribution in [0.5, 0.6) is 0 Å². The highest BCUT2D eigenvalue weighted by Gasteiger charge is 2.22. The summed E-state index contributed by atoms with van der Waals surface area (Å²) < 4.78 is 7.88. The van der Waals surface area contributed by atoms with E-state index in [-0.39, 0.29) is 11.5 Å². The smallest absolute Gasteiger partial charge is 0.339 e. The molecule has 0 saturated heterocycles. The van der Waals surface area contributed by atoms with Gasteiger partial charge < -0.3 is 14.4 Å². The molecule has 0 aliphatic carbocycles. The lowest BCUT2D eigenvalue weighted by Crippen LogP contribution is -2.24. The van der Waals surface area contributed by atoms with Crippen molar-refractivity contribution in [1.82, 2.24) is 4.57 Å². The van der Waals surface area contributed by atoms with Crippen LogP contribution in [0.1, 0.15) is 58.3 Å². The largest absolute Gasteiger partial charge is 0.478 e. The molecule has 0 spiro atoms. The first-order valence-electron chi connectivity index (χ1n) is 11.3. The summed E-state index contributed by atoms with van der Waals surface area (Å²) in [5.41, 5.74) is 6.01. The second-order valence-corrected chi connectivity index (χ2v) is 9.58. The van der Waals surface area contributed by atoms with Gasteiger partial charge in [0.25, 0.3) is 0 Å². The Labute approximate surface area is 199 Å². The fraction of sp³-hybridized carbons (Fsp3) is 0.241. The van der Waals surface area contributed by atoms with Gasteiger partial charge in [-0.3, -0.25) is 0 Å². The zero-order valence-electron chi connectivity index (χ0n) is 20.2. The van der Waals surface area contributed by atoms with E-state index in [0.29, 0.717) is 12.1 Å². The molecule has 0 radical (unpaired) electrons. The molecule has 0 saturated carbocycles. The maximum absolute atomic E-state index is 13.2. The first kappa shape index (κ1) is 23.3. The third-order valence-corrected chi connectivity index (χ3v) is 6.01. The fourth-order valence-corrected chi connectivity index (χ4v) is 4.23. The third kappa shape index (κ3) is 4.60. The van der Waals surface area contributed by atoms with E-state index in [0.717, 1.165) is 38.9 Å². The predicted molar refractivity (Wildman–Crippen MR) is 135 cm³/mol.